The highest BCUT2D eigenvalue weighted by atomic mass is 32.2. The highest BCUT2D eigenvalue weighted by Crippen LogP contribution is 2.19. The van der Waals surface area contributed by atoms with Crippen LogP contribution in [0, 0.1) is 6.92 Å². The summed E-state index contributed by atoms with van der Waals surface area (Å²) in [7, 11) is -3.51. The maximum absolute atomic E-state index is 12.4. The summed E-state index contributed by atoms with van der Waals surface area (Å²) in [6.07, 6.45) is 0. The number of anilines is 1. The molecule has 0 saturated heterocycles. The Morgan fingerprint density at radius 1 is 1.22 bits per heavy atom. The Bertz CT molecular complexity index is 779. The molecule has 0 unspecified atom stereocenters. The lowest BCUT2D eigenvalue weighted by molar-refractivity contribution is 0.102. The molecule has 0 atom stereocenters. The minimum absolute atomic E-state index is 0.186. The van der Waals surface area contributed by atoms with Gasteiger partial charge in [-0.1, -0.05) is 13.8 Å². The molecule has 124 valence electrons. The van der Waals surface area contributed by atoms with E-state index in [1.54, 1.807) is 19.9 Å². The fourth-order valence-electron chi connectivity index (χ4n) is 2.10. The first kappa shape index (κ1) is 17.6. The van der Waals surface area contributed by atoms with Gasteiger partial charge in [0.1, 0.15) is 5.00 Å². The summed E-state index contributed by atoms with van der Waals surface area (Å²) in [5.41, 5.74) is 1.24. The molecule has 6 nitrogen and oxygen atoms in total. The molecular weight excluding hydrogens is 334 g/mol. The van der Waals surface area contributed by atoms with Crippen molar-refractivity contribution in [1.82, 2.24) is 8.68 Å². The second kappa shape index (κ2) is 7.20. The lowest BCUT2D eigenvalue weighted by atomic mass is 10.2. The monoisotopic (exact) mass is 353 g/mol. The summed E-state index contributed by atoms with van der Waals surface area (Å²) in [4.78, 5) is 12.3. The molecule has 1 heterocycles. The van der Waals surface area contributed by atoms with E-state index in [0.717, 1.165) is 5.69 Å². The lowest BCUT2D eigenvalue weighted by Gasteiger charge is -2.18. The van der Waals surface area contributed by atoms with Gasteiger partial charge in [-0.25, -0.2) is 8.42 Å². The Labute approximate surface area is 140 Å². The molecule has 0 radical (unpaired) electrons. The molecule has 2 rings (SSSR count). The van der Waals surface area contributed by atoms with Crippen LogP contribution >= 0.6 is 11.5 Å². The highest BCUT2D eigenvalue weighted by Gasteiger charge is 2.21. The number of carbonyl (C=O) groups is 1. The maximum Gasteiger partial charge on any atom is 0.256 e. The van der Waals surface area contributed by atoms with E-state index in [1.807, 2.05) is 6.92 Å². The molecule has 0 fully saturated rings. The molecule has 1 amide bonds. The van der Waals surface area contributed by atoms with E-state index in [1.165, 1.54) is 40.1 Å². The molecule has 1 aromatic heterocycles. The molecule has 0 aliphatic heterocycles. The zero-order valence-corrected chi connectivity index (χ0v) is 14.9. The average molecular weight is 353 g/mol. The fourth-order valence-corrected chi connectivity index (χ4v) is 4.21. The number of hydrogen-bond acceptors (Lipinski definition) is 5. The molecule has 2 aromatic rings. The summed E-state index contributed by atoms with van der Waals surface area (Å²) in [6.45, 7) is 6.25. The van der Waals surface area contributed by atoms with Gasteiger partial charge in [0.15, 0.2) is 0 Å². The maximum atomic E-state index is 12.4. The smallest absolute Gasteiger partial charge is 0.256 e. The largest absolute Gasteiger partial charge is 0.312 e. The van der Waals surface area contributed by atoms with E-state index in [2.05, 4.69) is 9.69 Å². The van der Waals surface area contributed by atoms with Crippen LogP contribution in [0.2, 0.25) is 0 Å². The first-order chi connectivity index (χ1) is 10.9. The van der Waals surface area contributed by atoms with Crippen molar-refractivity contribution in [3.63, 3.8) is 0 Å². The van der Waals surface area contributed by atoms with Gasteiger partial charge >= 0.3 is 0 Å². The summed E-state index contributed by atoms with van der Waals surface area (Å²) >= 11 is 1.21. The number of nitrogens with zero attached hydrogens (tertiary/aromatic N) is 2. The Morgan fingerprint density at radius 2 is 1.83 bits per heavy atom. The standard InChI is InChI=1S/C15H19N3O3S2/c1-4-18(5-2)23(20,21)13-8-6-12(7-9-13)15(19)16-14-10-11(3)17-22-14/h6-10H,4-5H2,1-3H3,(H,16,19). The second-order valence-corrected chi connectivity index (χ2v) is 7.64. The number of rotatable bonds is 6. The number of benzene rings is 1. The van der Waals surface area contributed by atoms with Gasteiger partial charge < -0.3 is 5.32 Å². The molecule has 0 aliphatic rings. The van der Waals surface area contributed by atoms with Gasteiger partial charge in [-0.05, 0) is 48.8 Å². The van der Waals surface area contributed by atoms with Crippen molar-refractivity contribution in [3.8, 4) is 0 Å². The molecule has 0 aliphatic carbocycles. The molecule has 8 heteroatoms. The third kappa shape index (κ3) is 3.95. The lowest BCUT2D eigenvalue weighted by Crippen LogP contribution is -2.30. The van der Waals surface area contributed by atoms with Crippen molar-refractivity contribution >= 4 is 32.5 Å². The number of carbonyl (C=O) groups excluding carboxylic acids is 1. The molecular formula is C15H19N3O3S2. The summed E-state index contributed by atoms with van der Waals surface area (Å²) < 4.78 is 30.2. The first-order valence-corrected chi connectivity index (χ1v) is 9.44. The zero-order valence-electron chi connectivity index (χ0n) is 13.2. The predicted octanol–water partition coefficient (Wildman–Crippen LogP) is 2.73. The van der Waals surface area contributed by atoms with E-state index < -0.39 is 10.0 Å². The van der Waals surface area contributed by atoms with Gasteiger partial charge in [0.25, 0.3) is 5.91 Å². The fraction of sp³-hybridized carbons (Fsp3) is 0.333. The van der Waals surface area contributed by atoms with Crippen LogP contribution < -0.4 is 5.32 Å². The van der Waals surface area contributed by atoms with Crippen molar-refractivity contribution < 1.29 is 13.2 Å². The van der Waals surface area contributed by atoms with Gasteiger partial charge in [-0.15, -0.1) is 0 Å². The van der Waals surface area contributed by atoms with E-state index >= 15 is 0 Å². The second-order valence-electron chi connectivity index (χ2n) is 4.90. The van der Waals surface area contributed by atoms with Crippen LogP contribution in [0.5, 0.6) is 0 Å². The molecule has 0 saturated carbocycles. The van der Waals surface area contributed by atoms with Gasteiger partial charge in [0.2, 0.25) is 10.0 Å². The third-order valence-corrected chi connectivity index (χ3v) is 6.18. The molecule has 23 heavy (non-hydrogen) atoms. The number of nitrogens with one attached hydrogen (secondary N) is 1. The Hall–Kier alpha value is -1.77. The van der Waals surface area contributed by atoms with Crippen LogP contribution in [0.15, 0.2) is 35.2 Å². The Kier molecular flexibility index (Phi) is 5.51. The summed E-state index contributed by atoms with van der Waals surface area (Å²) in [5.74, 6) is -0.291. The Morgan fingerprint density at radius 3 is 2.30 bits per heavy atom. The van der Waals surface area contributed by atoms with Gasteiger partial charge in [0, 0.05) is 18.7 Å². The van der Waals surface area contributed by atoms with E-state index in [0.29, 0.717) is 23.7 Å². The van der Waals surface area contributed by atoms with Gasteiger partial charge in [-0.2, -0.15) is 8.68 Å². The zero-order chi connectivity index (χ0) is 17.0. The van der Waals surface area contributed by atoms with Gasteiger partial charge in [-0.3, -0.25) is 4.79 Å². The summed E-state index contributed by atoms with van der Waals surface area (Å²) in [6, 6.07) is 7.72. The Balaban J connectivity index is 2.17. The van der Waals surface area contributed by atoms with Crippen molar-refractivity contribution in [2.75, 3.05) is 18.4 Å². The minimum Gasteiger partial charge on any atom is -0.312 e. The van der Waals surface area contributed by atoms with E-state index in [-0.39, 0.29) is 10.8 Å². The van der Waals surface area contributed by atoms with Crippen LogP contribution in [-0.4, -0.2) is 36.1 Å². The van der Waals surface area contributed by atoms with Crippen LogP contribution in [0.3, 0.4) is 0 Å². The third-order valence-electron chi connectivity index (χ3n) is 3.32. The molecule has 1 N–H and O–H groups in total. The first-order valence-electron chi connectivity index (χ1n) is 7.23. The van der Waals surface area contributed by atoms with Crippen molar-refractivity contribution in [2.45, 2.75) is 25.7 Å². The SMILES string of the molecule is CCN(CC)S(=O)(=O)c1ccc(C(=O)Nc2cc(C)ns2)cc1. The topological polar surface area (TPSA) is 79.4 Å². The van der Waals surface area contributed by atoms with Crippen molar-refractivity contribution in [3.05, 3.63) is 41.6 Å². The van der Waals surface area contributed by atoms with Crippen LogP contribution in [0.4, 0.5) is 5.00 Å². The minimum atomic E-state index is -3.51. The van der Waals surface area contributed by atoms with Crippen LogP contribution in [0.1, 0.15) is 29.9 Å². The van der Waals surface area contributed by atoms with Crippen LogP contribution in [0.25, 0.3) is 0 Å². The quantitative estimate of drug-likeness (QED) is 0.866. The number of sulfonamides is 1. The number of amides is 1. The summed E-state index contributed by atoms with van der Waals surface area (Å²) in [5, 5.41) is 3.40. The van der Waals surface area contributed by atoms with Crippen LogP contribution in [-0.2, 0) is 10.0 Å². The molecule has 0 spiro atoms. The normalized spacial score (nSPS) is 11.7. The van der Waals surface area contributed by atoms with Gasteiger partial charge in [0.05, 0.1) is 10.6 Å². The number of hydrogen-bond donors (Lipinski definition) is 1. The highest BCUT2D eigenvalue weighted by molar-refractivity contribution is 7.89. The van der Waals surface area contributed by atoms with Crippen molar-refractivity contribution in [1.29, 1.82) is 0 Å². The predicted molar refractivity (Wildman–Crippen MR) is 91.4 cm³/mol. The molecule has 0 bridgehead atoms. The van der Waals surface area contributed by atoms with Crippen molar-refractivity contribution in [2.24, 2.45) is 0 Å². The van der Waals surface area contributed by atoms with E-state index in [4.69, 9.17) is 0 Å². The number of aromatic nitrogens is 1. The van der Waals surface area contributed by atoms with E-state index in [9.17, 15) is 13.2 Å². The number of aryl methyl sites for hydroxylation is 1. The molecule has 1 aromatic carbocycles. The average Bonchev–Trinajstić information content (AvgIpc) is 2.93.